The van der Waals surface area contributed by atoms with Crippen LogP contribution in [-0.4, -0.2) is 12.2 Å². The molecule has 0 aliphatic rings. The molecule has 1 atom stereocenters. The summed E-state index contributed by atoms with van der Waals surface area (Å²) in [6.07, 6.45) is -0.664. The average Bonchev–Trinajstić information content (AvgIpc) is 2.47. The first-order chi connectivity index (χ1) is 10.0. The molecule has 0 aliphatic heterocycles. The largest absolute Gasteiger partial charge is 0.496 e. The molecule has 0 aliphatic carbocycles. The fourth-order valence-corrected chi connectivity index (χ4v) is 2.37. The summed E-state index contributed by atoms with van der Waals surface area (Å²) in [5.41, 5.74) is 1.80. The van der Waals surface area contributed by atoms with Crippen LogP contribution in [0.4, 0.5) is 0 Å². The van der Waals surface area contributed by atoms with Crippen LogP contribution in [0.25, 0.3) is 0 Å². The first-order valence-corrected chi connectivity index (χ1v) is 7.16. The maximum absolute atomic E-state index is 10.0. The number of rotatable bonds is 5. The molecular formula is C18H22O3. The number of ether oxygens (including phenoxy) is 2. The van der Waals surface area contributed by atoms with Crippen molar-refractivity contribution >= 4 is 0 Å². The Morgan fingerprint density at radius 1 is 0.857 bits per heavy atom. The van der Waals surface area contributed by atoms with E-state index in [9.17, 15) is 5.11 Å². The van der Waals surface area contributed by atoms with E-state index in [-0.39, 0.29) is 0 Å². The van der Waals surface area contributed by atoms with Gasteiger partial charge in [-0.05, 0) is 36.6 Å². The van der Waals surface area contributed by atoms with Crippen LogP contribution in [0.5, 0.6) is 17.2 Å². The van der Waals surface area contributed by atoms with Crippen molar-refractivity contribution in [3.63, 3.8) is 0 Å². The maximum Gasteiger partial charge on any atom is 0.136 e. The number of benzene rings is 2. The number of hydrogen-bond donors (Lipinski definition) is 1. The molecule has 0 saturated carbocycles. The van der Waals surface area contributed by atoms with Crippen LogP contribution in [-0.2, 0) is 0 Å². The molecule has 112 valence electrons. The van der Waals surface area contributed by atoms with Crippen LogP contribution in [0, 0.1) is 0 Å². The number of methoxy groups -OCH3 is 1. The molecular weight excluding hydrogens is 264 g/mol. The van der Waals surface area contributed by atoms with Gasteiger partial charge in [0.05, 0.1) is 18.8 Å². The molecule has 2 aromatic rings. The van der Waals surface area contributed by atoms with Gasteiger partial charge in [0, 0.05) is 0 Å². The van der Waals surface area contributed by atoms with Gasteiger partial charge in [0.25, 0.3) is 0 Å². The van der Waals surface area contributed by atoms with Crippen molar-refractivity contribution in [3.8, 4) is 17.2 Å². The summed E-state index contributed by atoms with van der Waals surface area (Å²) in [5.74, 6) is 2.42. The Kier molecular flexibility index (Phi) is 4.86. The van der Waals surface area contributed by atoms with Gasteiger partial charge < -0.3 is 14.6 Å². The first-order valence-electron chi connectivity index (χ1n) is 7.16. The number of para-hydroxylation sites is 1. The van der Waals surface area contributed by atoms with Crippen molar-refractivity contribution in [1.29, 1.82) is 0 Å². The first kappa shape index (κ1) is 15.4. The molecule has 3 heteroatoms. The zero-order valence-electron chi connectivity index (χ0n) is 13.0. The second kappa shape index (κ2) is 6.64. The SMILES string of the molecule is COc1cccc(Oc2ccccc2C(C)C)c1[C@H](C)O. The van der Waals surface area contributed by atoms with Crippen LogP contribution < -0.4 is 9.47 Å². The Balaban J connectivity index is 2.45. The summed E-state index contributed by atoms with van der Waals surface area (Å²) in [5, 5.41) is 10.0. The second-order valence-electron chi connectivity index (χ2n) is 5.34. The standard InChI is InChI=1S/C18H22O3/c1-12(2)14-8-5-6-9-15(14)21-17-11-7-10-16(20-4)18(17)13(3)19/h5-13,19H,1-4H3/t13-/m0/s1. The lowest BCUT2D eigenvalue weighted by molar-refractivity contribution is 0.190. The smallest absolute Gasteiger partial charge is 0.136 e. The van der Waals surface area contributed by atoms with E-state index in [1.165, 1.54) is 0 Å². The molecule has 0 aromatic heterocycles. The Hall–Kier alpha value is -2.00. The van der Waals surface area contributed by atoms with E-state index in [2.05, 4.69) is 19.9 Å². The van der Waals surface area contributed by atoms with E-state index in [4.69, 9.17) is 9.47 Å². The summed E-state index contributed by atoms with van der Waals surface area (Å²) in [4.78, 5) is 0. The van der Waals surface area contributed by atoms with Gasteiger partial charge in [-0.25, -0.2) is 0 Å². The van der Waals surface area contributed by atoms with Gasteiger partial charge >= 0.3 is 0 Å². The zero-order valence-corrected chi connectivity index (χ0v) is 13.0. The third-order valence-corrected chi connectivity index (χ3v) is 3.42. The highest BCUT2D eigenvalue weighted by Gasteiger charge is 2.17. The molecule has 3 nitrogen and oxygen atoms in total. The van der Waals surface area contributed by atoms with Gasteiger partial charge in [0.15, 0.2) is 0 Å². The molecule has 21 heavy (non-hydrogen) atoms. The van der Waals surface area contributed by atoms with Crippen LogP contribution in [0.3, 0.4) is 0 Å². The summed E-state index contributed by atoms with van der Waals surface area (Å²) in [6.45, 7) is 5.96. The van der Waals surface area contributed by atoms with Gasteiger partial charge in [-0.2, -0.15) is 0 Å². The normalized spacial score (nSPS) is 12.3. The molecule has 1 N–H and O–H groups in total. The lowest BCUT2D eigenvalue weighted by Gasteiger charge is -2.19. The van der Waals surface area contributed by atoms with Gasteiger partial charge in [-0.3, -0.25) is 0 Å². The van der Waals surface area contributed by atoms with Gasteiger partial charge in [0.1, 0.15) is 17.2 Å². The van der Waals surface area contributed by atoms with Gasteiger partial charge in [0.2, 0.25) is 0 Å². The molecule has 0 radical (unpaired) electrons. The fourth-order valence-electron chi connectivity index (χ4n) is 2.37. The van der Waals surface area contributed by atoms with Crippen LogP contribution in [0.15, 0.2) is 42.5 Å². The van der Waals surface area contributed by atoms with Crippen molar-refractivity contribution in [2.75, 3.05) is 7.11 Å². The predicted octanol–water partition coefficient (Wildman–Crippen LogP) is 4.66. The summed E-state index contributed by atoms with van der Waals surface area (Å²) in [7, 11) is 1.59. The molecule has 2 rings (SSSR count). The average molecular weight is 286 g/mol. The van der Waals surface area contributed by atoms with E-state index >= 15 is 0 Å². The van der Waals surface area contributed by atoms with Crippen molar-refractivity contribution < 1.29 is 14.6 Å². The molecule has 0 spiro atoms. The molecule has 0 unspecified atom stereocenters. The molecule has 0 saturated heterocycles. The predicted molar refractivity (Wildman–Crippen MR) is 84.2 cm³/mol. The van der Waals surface area contributed by atoms with Crippen molar-refractivity contribution in [2.45, 2.75) is 32.8 Å². The van der Waals surface area contributed by atoms with Crippen molar-refractivity contribution in [3.05, 3.63) is 53.6 Å². The van der Waals surface area contributed by atoms with Crippen molar-refractivity contribution in [1.82, 2.24) is 0 Å². The third-order valence-electron chi connectivity index (χ3n) is 3.42. The number of aliphatic hydroxyl groups is 1. The van der Waals surface area contributed by atoms with E-state index in [1.807, 2.05) is 36.4 Å². The Labute approximate surface area is 126 Å². The van der Waals surface area contributed by atoms with Gasteiger partial charge in [-0.15, -0.1) is 0 Å². The monoisotopic (exact) mass is 286 g/mol. The molecule has 2 aromatic carbocycles. The lowest BCUT2D eigenvalue weighted by atomic mass is 10.0. The number of hydrogen-bond acceptors (Lipinski definition) is 3. The highest BCUT2D eigenvalue weighted by molar-refractivity contribution is 5.49. The summed E-state index contributed by atoms with van der Waals surface area (Å²) in [6, 6.07) is 13.5. The van der Waals surface area contributed by atoms with Crippen molar-refractivity contribution in [2.24, 2.45) is 0 Å². The lowest BCUT2D eigenvalue weighted by Crippen LogP contribution is -2.01. The quantitative estimate of drug-likeness (QED) is 0.868. The summed E-state index contributed by atoms with van der Waals surface area (Å²) < 4.78 is 11.4. The van der Waals surface area contributed by atoms with E-state index in [0.717, 1.165) is 11.3 Å². The number of aliphatic hydroxyl groups excluding tert-OH is 1. The van der Waals surface area contributed by atoms with E-state index in [1.54, 1.807) is 14.0 Å². The Morgan fingerprint density at radius 2 is 1.48 bits per heavy atom. The minimum absolute atomic E-state index is 0.363. The molecule has 0 heterocycles. The Morgan fingerprint density at radius 3 is 2.10 bits per heavy atom. The third kappa shape index (κ3) is 3.37. The zero-order chi connectivity index (χ0) is 15.4. The molecule has 0 fully saturated rings. The minimum atomic E-state index is -0.664. The van der Waals surface area contributed by atoms with Crippen LogP contribution in [0.1, 0.15) is 43.9 Å². The minimum Gasteiger partial charge on any atom is -0.496 e. The second-order valence-corrected chi connectivity index (χ2v) is 5.34. The topological polar surface area (TPSA) is 38.7 Å². The highest BCUT2D eigenvalue weighted by Crippen LogP contribution is 2.38. The van der Waals surface area contributed by atoms with E-state index < -0.39 is 6.10 Å². The van der Waals surface area contributed by atoms with Crippen LogP contribution in [0.2, 0.25) is 0 Å². The molecule has 0 bridgehead atoms. The highest BCUT2D eigenvalue weighted by atomic mass is 16.5. The van der Waals surface area contributed by atoms with Gasteiger partial charge in [-0.1, -0.05) is 38.1 Å². The Bertz CT molecular complexity index is 603. The fraction of sp³-hybridized carbons (Fsp3) is 0.333. The van der Waals surface area contributed by atoms with Crippen LogP contribution >= 0.6 is 0 Å². The van der Waals surface area contributed by atoms with E-state index in [0.29, 0.717) is 23.0 Å². The molecule has 0 amide bonds. The maximum atomic E-state index is 10.0. The summed E-state index contributed by atoms with van der Waals surface area (Å²) >= 11 is 0.